The van der Waals surface area contributed by atoms with E-state index in [1.54, 1.807) is 18.2 Å². The Hall–Kier alpha value is -2.43. The van der Waals surface area contributed by atoms with Crippen LogP contribution in [0.3, 0.4) is 0 Å². The highest BCUT2D eigenvalue weighted by molar-refractivity contribution is 6.07. The number of benzene rings is 2. The number of nitrogens with zero attached hydrogens (tertiary/aromatic N) is 1. The Morgan fingerprint density at radius 1 is 1.26 bits per heavy atom. The van der Waals surface area contributed by atoms with E-state index in [1.165, 1.54) is 12.1 Å². The Morgan fingerprint density at radius 3 is 2.63 bits per heavy atom. The Labute approximate surface area is 110 Å². The first-order chi connectivity index (χ1) is 8.99. The highest BCUT2D eigenvalue weighted by atomic mass is 16.6. The van der Waals surface area contributed by atoms with E-state index in [0.29, 0.717) is 10.9 Å². The SMILES string of the molecule is CC(C)NC(=O)c1cccc2ccc([N+](=O)[O-])cc12. The van der Waals surface area contributed by atoms with Crippen molar-refractivity contribution in [3.05, 3.63) is 52.1 Å². The van der Waals surface area contributed by atoms with Gasteiger partial charge in [0.2, 0.25) is 0 Å². The maximum atomic E-state index is 12.1. The summed E-state index contributed by atoms with van der Waals surface area (Å²) in [6.45, 7) is 3.73. The number of non-ortho nitro benzene ring substituents is 1. The van der Waals surface area contributed by atoms with Crippen LogP contribution in [0.15, 0.2) is 36.4 Å². The normalized spacial score (nSPS) is 10.7. The first-order valence-electron chi connectivity index (χ1n) is 5.97. The van der Waals surface area contributed by atoms with E-state index in [4.69, 9.17) is 0 Å². The third kappa shape index (κ3) is 2.70. The standard InChI is InChI=1S/C14H14N2O3/c1-9(2)15-14(17)12-5-3-4-10-6-7-11(16(18)19)8-13(10)12/h3-9H,1-2H3,(H,15,17). The summed E-state index contributed by atoms with van der Waals surface area (Å²) in [5, 5.41) is 15.0. The lowest BCUT2D eigenvalue weighted by Gasteiger charge is -2.10. The number of hydrogen-bond donors (Lipinski definition) is 1. The molecule has 1 N–H and O–H groups in total. The fourth-order valence-electron chi connectivity index (χ4n) is 1.91. The fraction of sp³-hybridized carbons (Fsp3) is 0.214. The van der Waals surface area contributed by atoms with Crippen LogP contribution in [0.4, 0.5) is 5.69 Å². The minimum atomic E-state index is -0.462. The van der Waals surface area contributed by atoms with Crippen molar-refractivity contribution in [3.8, 4) is 0 Å². The molecule has 0 fully saturated rings. The summed E-state index contributed by atoms with van der Waals surface area (Å²) in [4.78, 5) is 22.4. The summed E-state index contributed by atoms with van der Waals surface area (Å²) in [6.07, 6.45) is 0. The van der Waals surface area contributed by atoms with Crippen LogP contribution in [-0.4, -0.2) is 16.9 Å². The molecule has 0 aliphatic heterocycles. The van der Waals surface area contributed by atoms with E-state index in [-0.39, 0.29) is 17.6 Å². The Balaban J connectivity index is 2.57. The molecule has 1 amide bonds. The molecule has 5 nitrogen and oxygen atoms in total. The number of nitro benzene ring substituents is 1. The average Bonchev–Trinajstić information content (AvgIpc) is 2.36. The monoisotopic (exact) mass is 258 g/mol. The van der Waals surface area contributed by atoms with Gasteiger partial charge in [0.15, 0.2) is 0 Å². The molecule has 0 bridgehead atoms. The zero-order valence-corrected chi connectivity index (χ0v) is 10.7. The minimum absolute atomic E-state index is 0.0152. The molecule has 0 spiro atoms. The zero-order valence-electron chi connectivity index (χ0n) is 10.7. The molecule has 2 aromatic rings. The molecule has 0 radical (unpaired) electrons. The maximum Gasteiger partial charge on any atom is 0.270 e. The average molecular weight is 258 g/mol. The van der Waals surface area contributed by atoms with Gasteiger partial charge in [-0.1, -0.05) is 12.1 Å². The van der Waals surface area contributed by atoms with Gasteiger partial charge in [-0.2, -0.15) is 0 Å². The van der Waals surface area contributed by atoms with Crippen LogP contribution in [0.25, 0.3) is 10.8 Å². The number of carbonyl (C=O) groups is 1. The van der Waals surface area contributed by atoms with Crippen LogP contribution in [0.1, 0.15) is 24.2 Å². The van der Waals surface area contributed by atoms with Crippen LogP contribution >= 0.6 is 0 Å². The lowest BCUT2D eigenvalue weighted by molar-refractivity contribution is -0.384. The van der Waals surface area contributed by atoms with Gasteiger partial charge in [-0.15, -0.1) is 0 Å². The molecule has 0 aromatic heterocycles. The van der Waals surface area contributed by atoms with E-state index in [2.05, 4.69) is 5.32 Å². The zero-order chi connectivity index (χ0) is 14.0. The Morgan fingerprint density at radius 2 is 2.00 bits per heavy atom. The van der Waals surface area contributed by atoms with Crippen molar-refractivity contribution < 1.29 is 9.72 Å². The maximum absolute atomic E-state index is 12.1. The van der Waals surface area contributed by atoms with Gasteiger partial charge in [0.25, 0.3) is 11.6 Å². The third-order valence-electron chi connectivity index (χ3n) is 2.74. The minimum Gasteiger partial charge on any atom is -0.350 e. The Kier molecular flexibility index (Phi) is 3.46. The Bertz CT molecular complexity index is 650. The predicted octanol–water partition coefficient (Wildman–Crippen LogP) is 2.89. The lowest BCUT2D eigenvalue weighted by Crippen LogP contribution is -2.30. The molecule has 0 saturated heterocycles. The first-order valence-corrected chi connectivity index (χ1v) is 5.97. The topological polar surface area (TPSA) is 72.2 Å². The van der Waals surface area contributed by atoms with E-state index in [1.807, 2.05) is 19.9 Å². The molecule has 19 heavy (non-hydrogen) atoms. The number of fused-ring (bicyclic) bond motifs is 1. The van der Waals surface area contributed by atoms with Gasteiger partial charge in [0.1, 0.15) is 0 Å². The first kappa shape index (κ1) is 13.0. The number of nitrogens with one attached hydrogen (secondary N) is 1. The van der Waals surface area contributed by atoms with Crippen molar-refractivity contribution in [2.24, 2.45) is 0 Å². The van der Waals surface area contributed by atoms with Crippen molar-refractivity contribution in [3.63, 3.8) is 0 Å². The molecule has 5 heteroatoms. The van der Waals surface area contributed by atoms with Crippen LogP contribution < -0.4 is 5.32 Å². The second-order valence-electron chi connectivity index (χ2n) is 4.60. The molecule has 0 atom stereocenters. The van der Waals surface area contributed by atoms with Crippen molar-refractivity contribution >= 4 is 22.4 Å². The van der Waals surface area contributed by atoms with Crippen LogP contribution in [-0.2, 0) is 0 Å². The summed E-state index contributed by atoms with van der Waals surface area (Å²) >= 11 is 0. The van der Waals surface area contributed by atoms with Crippen molar-refractivity contribution in [2.45, 2.75) is 19.9 Å². The van der Waals surface area contributed by atoms with Crippen molar-refractivity contribution in [2.75, 3.05) is 0 Å². The van der Waals surface area contributed by atoms with Crippen molar-refractivity contribution in [1.29, 1.82) is 0 Å². The second kappa shape index (κ2) is 5.06. The number of rotatable bonds is 3. The fourth-order valence-corrected chi connectivity index (χ4v) is 1.91. The van der Waals surface area contributed by atoms with Crippen LogP contribution in [0, 0.1) is 10.1 Å². The van der Waals surface area contributed by atoms with Crippen molar-refractivity contribution in [1.82, 2.24) is 5.32 Å². The molecule has 2 aromatic carbocycles. The summed E-state index contributed by atoms with van der Waals surface area (Å²) in [5.74, 6) is -0.221. The molecule has 0 heterocycles. The van der Waals surface area contributed by atoms with Gasteiger partial charge in [0.05, 0.1) is 4.92 Å². The predicted molar refractivity (Wildman–Crippen MR) is 73.2 cm³/mol. The molecule has 2 rings (SSSR count). The van der Waals surface area contributed by atoms with Gasteiger partial charge in [-0.3, -0.25) is 14.9 Å². The number of nitro groups is 1. The summed E-state index contributed by atoms with van der Waals surface area (Å²) in [7, 11) is 0. The van der Waals surface area contributed by atoms with Crippen LogP contribution in [0.5, 0.6) is 0 Å². The van der Waals surface area contributed by atoms with Gasteiger partial charge in [0, 0.05) is 29.1 Å². The third-order valence-corrected chi connectivity index (χ3v) is 2.74. The molecule has 0 aliphatic rings. The molecule has 0 aliphatic carbocycles. The second-order valence-corrected chi connectivity index (χ2v) is 4.60. The van der Waals surface area contributed by atoms with E-state index in [0.717, 1.165) is 5.39 Å². The number of amides is 1. The number of carbonyl (C=O) groups excluding carboxylic acids is 1. The smallest absolute Gasteiger partial charge is 0.270 e. The molecule has 98 valence electrons. The van der Waals surface area contributed by atoms with Gasteiger partial charge in [-0.25, -0.2) is 0 Å². The molecular formula is C14H14N2O3. The van der Waals surface area contributed by atoms with Gasteiger partial charge < -0.3 is 5.32 Å². The summed E-state index contributed by atoms with van der Waals surface area (Å²) in [5.41, 5.74) is 0.437. The summed E-state index contributed by atoms with van der Waals surface area (Å²) < 4.78 is 0. The van der Waals surface area contributed by atoms with Gasteiger partial charge in [-0.05, 0) is 31.4 Å². The van der Waals surface area contributed by atoms with Crippen LogP contribution in [0.2, 0.25) is 0 Å². The molecular weight excluding hydrogens is 244 g/mol. The van der Waals surface area contributed by atoms with E-state index < -0.39 is 4.92 Å². The molecule has 0 unspecified atom stereocenters. The van der Waals surface area contributed by atoms with E-state index in [9.17, 15) is 14.9 Å². The number of hydrogen-bond acceptors (Lipinski definition) is 3. The highest BCUT2D eigenvalue weighted by Gasteiger charge is 2.13. The highest BCUT2D eigenvalue weighted by Crippen LogP contribution is 2.24. The summed E-state index contributed by atoms with van der Waals surface area (Å²) in [6, 6.07) is 9.80. The lowest BCUT2D eigenvalue weighted by atomic mass is 10.0. The largest absolute Gasteiger partial charge is 0.350 e. The van der Waals surface area contributed by atoms with Gasteiger partial charge >= 0.3 is 0 Å². The molecule has 0 saturated carbocycles. The van der Waals surface area contributed by atoms with E-state index >= 15 is 0 Å². The quantitative estimate of drug-likeness (QED) is 0.679.